The van der Waals surface area contributed by atoms with Gasteiger partial charge < -0.3 is 15.4 Å². The number of nitrogens with one attached hydrogen (secondary N) is 2. The van der Waals surface area contributed by atoms with Crippen molar-refractivity contribution in [2.75, 3.05) is 32.5 Å². The minimum Gasteiger partial charge on any atom is -0.497 e. The molecule has 0 saturated heterocycles. The van der Waals surface area contributed by atoms with Crippen LogP contribution in [0.2, 0.25) is 0 Å². The third-order valence-corrected chi connectivity index (χ3v) is 6.06. The molecule has 1 aromatic carbocycles. The minimum absolute atomic E-state index is 0. The zero-order valence-corrected chi connectivity index (χ0v) is 20.6. The molecular formula is C20H36IN3O2S. The van der Waals surface area contributed by atoms with Gasteiger partial charge in [-0.2, -0.15) is 0 Å². The van der Waals surface area contributed by atoms with Gasteiger partial charge in [-0.05, 0) is 57.7 Å². The van der Waals surface area contributed by atoms with Gasteiger partial charge in [0.2, 0.25) is 0 Å². The van der Waals surface area contributed by atoms with Crippen molar-refractivity contribution < 1.29 is 8.95 Å². The van der Waals surface area contributed by atoms with Gasteiger partial charge in [0, 0.05) is 40.9 Å². The molecule has 27 heavy (non-hydrogen) atoms. The number of nitrogens with zero attached hydrogens (tertiary/aromatic N) is 1. The highest BCUT2D eigenvalue weighted by Crippen LogP contribution is 2.21. The molecule has 0 aromatic heterocycles. The fraction of sp³-hybridized carbons (Fsp3) is 0.650. The first-order valence-corrected chi connectivity index (χ1v) is 10.6. The number of aliphatic imine (C=N–C) groups is 1. The lowest BCUT2D eigenvalue weighted by molar-refractivity contribution is 0.414. The highest BCUT2D eigenvalue weighted by Gasteiger charge is 2.18. The fourth-order valence-corrected chi connectivity index (χ4v) is 3.28. The molecule has 0 aliphatic carbocycles. The molecule has 5 nitrogen and oxygen atoms in total. The van der Waals surface area contributed by atoms with Gasteiger partial charge in [-0.1, -0.05) is 19.1 Å². The van der Waals surface area contributed by atoms with E-state index in [9.17, 15) is 4.21 Å². The molecule has 2 unspecified atom stereocenters. The van der Waals surface area contributed by atoms with E-state index in [1.807, 2.05) is 39.8 Å². The second-order valence-corrected chi connectivity index (χ2v) is 9.64. The number of halogens is 1. The van der Waals surface area contributed by atoms with Crippen LogP contribution in [0, 0.1) is 0 Å². The molecule has 156 valence electrons. The van der Waals surface area contributed by atoms with Gasteiger partial charge in [0.15, 0.2) is 5.96 Å². The van der Waals surface area contributed by atoms with Gasteiger partial charge >= 0.3 is 0 Å². The molecule has 0 saturated carbocycles. The highest BCUT2D eigenvalue weighted by molar-refractivity contribution is 14.0. The monoisotopic (exact) mass is 509 g/mol. The molecule has 0 radical (unpaired) electrons. The van der Waals surface area contributed by atoms with E-state index in [1.165, 1.54) is 5.56 Å². The van der Waals surface area contributed by atoms with Crippen molar-refractivity contribution >= 4 is 40.7 Å². The average Bonchev–Trinajstić information content (AvgIpc) is 2.60. The summed E-state index contributed by atoms with van der Waals surface area (Å²) in [6.45, 7) is 12.5. The molecule has 7 heteroatoms. The number of ether oxygens (including phenoxy) is 1. The van der Waals surface area contributed by atoms with E-state index in [0.717, 1.165) is 31.2 Å². The van der Waals surface area contributed by atoms with Gasteiger partial charge in [0.05, 0.1) is 7.11 Å². The maximum absolute atomic E-state index is 12.1. The van der Waals surface area contributed by atoms with Crippen molar-refractivity contribution in [3.05, 3.63) is 29.8 Å². The Labute approximate surface area is 184 Å². The lowest BCUT2D eigenvalue weighted by atomic mass is 9.98. The maximum atomic E-state index is 12.1. The van der Waals surface area contributed by atoms with E-state index < -0.39 is 10.8 Å². The van der Waals surface area contributed by atoms with E-state index in [1.54, 1.807) is 7.11 Å². The molecule has 0 aliphatic rings. The van der Waals surface area contributed by atoms with Crippen LogP contribution in [0.25, 0.3) is 0 Å². The Morgan fingerprint density at radius 2 is 1.85 bits per heavy atom. The molecular weight excluding hydrogens is 473 g/mol. The van der Waals surface area contributed by atoms with Crippen molar-refractivity contribution in [2.24, 2.45) is 4.99 Å². The Kier molecular flexibility index (Phi) is 13.0. The van der Waals surface area contributed by atoms with Crippen molar-refractivity contribution in [1.29, 1.82) is 0 Å². The van der Waals surface area contributed by atoms with Crippen LogP contribution in [-0.4, -0.2) is 47.4 Å². The van der Waals surface area contributed by atoms with Crippen LogP contribution in [0.5, 0.6) is 5.75 Å². The number of hydrogen-bond acceptors (Lipinski definition) is 3. The van der Waals surface area contributed by atoms with Gasteiger partial charge in [-0.3, -0.25) is 9.20 Å². The molecule has 0 aliphatic heterocycles. The lowest BCUT2D eigenvalue weighted by Gasteiger charge is -2.18. The Balaban J connectivity index is 0.00000676. The summed E-state index contributed by atoms with van der Waals surface area (Å²) < 4.78 is 17.1. The van der Waals surface area contributed by atoms with Crippen LogP contribution in [0.1, 0.15) is 52.5 Å². The Morgan fingerprint density at radius 3 is 2.37 bits per heavy atom. The first-order chi connectivity index (χ1) is 12.3. The van der Waals surface area contributed by atoms with E-state index in [4.69, 9.17) is 4.74 Å². The van der Waals surface area contributed by atoms with E-state index in [-0.39, 0.29) is 28.7 Å². The molecule has 1 rings (SSSR count). The number of guanidine groups is 1. The van der Waals surface area contributed by atoms with E-state index in [0.29, 0.717) is 18.2 Å². The highest BCUT2D eigenvalue weighted by atomic mass is 127. The number of methoxy groups -OCH3 is 1. The van der Waals surface area contributed by atoms with Crippen molar-refractivity contribution in [3.8, 4) is 5.75 Å². The summed E-state index contributed by atoms with van der Waals surface area (Å²) in [6, 6.07) is 8.21. The van der Waals surface area contributed by atoms with Gasteiger partial charge in [0.25, 0.3) is 0 Å². The smallest absolute Gasteiger partial charge is 0.191 e. The molecule has 0 bridgehead atoms. The molecule has 0 fully saturated rings. The van der Waals surface area contributed by atoms with Crippen molar-refractivity contribution in [1.82, 2.24) is 10.6 Å². The van der Waals surface area contributed by atoms with Gasteiger partial charge in [-0.25, -0.2) is 0 Å². The summed E-state index contributed by atoms with van der Waals surface area (Å²) in [5.41, 5.74) is 1.29. The standard InChI is InChI=1S/C20H35N3O2S.HI/c1-7-21-19(23-14-15-26(24)20(3,4)5)22-13-12-16(2)17-8-10-18(25-6)11-9-17;/h8-11,16H,7,12-15H2,1-6H3,(H2,21,22,23);1H. The zero-order chi connectivity index (χ0) is 19.6. The molecule has 0 amide bonds. The summed E-state index contributed by atoms with van der Waals surface area (Å²) in [5.74, 6) is 2.72. The number of benzene rings is 1. The third-order valence-electron chi connectivity index (χ3n) is 4.12. The molecule has 0 spiro atoms. The van der Waals surface area contributed by atoms with E-state index in [2.05, 4.69) is 34.7 Å². The summed E-state index contributed by atoms with van der Waals surface area (Å²) in [6.07, 6.45) is 0.969. The second kappa shape index (κ2) is 13.4. The van der Waals surface area contributed by atoms with Crippen LogP contribution >= 0.6 is 24.0 Å². The zero-order valence-electron chi connectivity index (χ0n) is 17.5. The topological polar surface area (TPSA) is 62.7 Å². The first-order valence-electron chi connectivity index (χ1n) is 9.32. The van der Waals surface area contributed by atoms with Crippen LogP contribution in [0.15, 0.2) is 29.3 Å². The third kappa shape index (κ3) is 10.3. The number of hydrogen-bond donors (Lipinski definition) is 2. The summed E-state index contributed by atoms with van der Waals surface area (Å²) >= 11 is 0. The first kappa shape index (κ1) is 26.2. The summed E-state index contributed by atoms with van der Waals surface area (Å²) in [4.78, 5) is 4.64. The quantitative estimate of drug-likeness (QED) is 0.301. The van der Waals surface area contributed by atoms with Gasteiger partial charge in [-0.15, -0.1) is 24.0 Å². The van der Waals surface area contributed by atoms with Gasteiger partial charge in [0.1, 0.15) is 5.75 Å². The van der Waals surface area contributed by atoms with E-state index >= 15 is 0 Å². The van der Waals surface area contributed by atoms with Crippen LogP contribution in [0.3, 0.4) is 0 Å². The van der Waals surface area contributed by atoms with Crippen molar-refractivity contribution in [2.45, 2.75) is 51.7 Å². The van der Waals surface area contributed by atoms with Crippen molar-refractivity contribution in [3.63, 3.8) is 0 Å². The Bertz CT molecular complexity index is 586. The SMILES string of the molecule is CCNC(=NCCC(C)c1ccc(OC)cc1)NCCS(=O)C(C)(C)C.I. The number of rotatable bonds is 9. The Morgan fingerprint density at radius 1 is 1.22 bits per heavy atom. The fourth-order valence-electron chi connectivity index (χ4n) is 2.38. The van der Waals surface area contributed by atoms with Crippen LogP contribution < -0.4 is 15.4 Å². The Hall–Kier alpha value is -0.830. The maximum Gasteiger partial charge on any atom is 0.191 e. The van der Waals surface area contributed by atoms with Crippen LogP contribution in [-0.2, 0) is 10.8 Å². The largest absolute Gasteiger partial charge is 0.497 e. The predicted molar refractivity (Wildman–Crippen MR) is 128 cm³/mol. The predicted octanol–water partition coefficient (Wildman–Crippen LogP) is 3.91. The molecule has 0 heterocycles. The van der Waals surface area contributed by atoms with Crippen LogP contribution in [0.4, 0.5) is 0 Å². The molecule has 2 atom stereocenters. The summed E-state index contributed by atoms with van der Waals surface area (Å²) in [5, 5.41) is 6.53. The average molecular weight is 509 g/mol. The lowest BCUT2D eigenvalue weighted by Crippen LogP contribution is -2.40. The second-order valence-electron chi connectivity index (χ2n) is 7.31. The molecule has 1 aromatic rings. The molecule has 2 N–H and O–H groups in total. The summed E-state index contributed by atoms with van der Waals surface area (Å²) in [7, 11) is 0.826. The minimum atomic E-state index is -0.854. The normalized spacial score (nSPS) is 14.1.